The normalized spacial score (nSPS) is 17.3. The molecule has 2 N–H and O–H groups in total. The van der Waals surface area contributed by atoms with E-state index in [2.05, 4.69) is 15.3 Å². The quantitative estimate of drug-likeness (QED) is 0.847. The molecule has 3 rings (SSSR count). The molecule has 1 aromatic heterocycles. The molecule has 1 aliphatic heterocycles. The molecule has 1 amide bonds. The Hall–Kier alpha value is -1.85. The SMILES string of the molecule is Cc1nc2c(c(=O)[nH]1)[C@H](c1cccc(Cl)c1Cl)CC(=O)N2. The van der Waals surface area contributed by atoms with E-state index < -0.39 is 5.92 Å². The van der Waals surface area contributed by atoms with Gasteiger partial charge < -0.3 is 10.3 Å². The topological polar surface area (TPSA) is 74.8 Å². The highest BCUT2D eigenvalue weighted by atomic mass is 35.5. The summed E-state index contributed by atoms with van der Waals surface area (Å²) in [5.74, 6) is 0.0586. The molecule has 0 radical (unpaired) electrons. The number of nitrogens with one attached hydrogen (secondary N) is 2. The Kier molecular flexibility index (Phi) is 3.47. The summed E-state index contributed by atoms with van der Waals surface area (Å²) in [5.41, 5.74) is 0.777. The molecule has 0 bridgehead atoms. The molecule has 7 heteroatoms. The van der Waals surface area contributed by atoms with Gasteiger partial charge in [0.25, 0.3) is 5.56 Å². The van der Waals surface area contributed by atoms with Gasteiger partial charge in [0, 0.05) is 12.3 Å². The highest BCUT2D eigenvalue weighted by molar-refractivity contribution is 6.42. The van der Waals surface area contributed by atoms with Crippen LogP contribution in [-0.4, -0.2) is 15.9 Å². The minimum absolute atomic E-state index is 0.126. The van der Waals surface area contributed by atoms with Crippen LogP contribution in [-0.2, 0) is 4.79 Å². The summed E-state index contributed by atoms with van der Waals surface area (Å²) in [6, 6.07) is 5.17. The highest BCUT2D eigenvalue weighted by Crippen LogP contribution is 2.39. The number of aromatic amines is 1. The van der Waals surface area contributed by atoms with E-state index in [1.807, 2.05) is 0 Å². The van der Waals surface area contributed by atoms with Gasteiger partial charge in [0.05, 0.1) is 15.6 Å². The fraction of sp³-hybridized carbons (Fsp3) is 0.214. The summed E-state index contributed by atoms with van der Waals surface area (Å²) in [6.45, 7) is 1.66. The van der Waals surface area contributed by atoms with Crippen molar-refractivity contribution in [2.24, 2.45) is 0 Å². The zero-order valence-corrected chi connectivity index (χ0v) is 12.5. The molecule has 0 aliphatic carbocycles. The van der Waals surface area contributed by atoms with Gasteiger partial charge in [-0.05, 0) is 18.6 Å². The lowest BCUT2D eigenvalue weighted by atomic mass is 9.87. The number of amides is 1. The van der Waals surface area contributed by atoms with Gasteiger partial charge in [-0.3, -0.25) is 9.59 Å². The molecule has 0 spiro atoms. The van der Waals surface area contributed by atoms with Crippen LogP contribution in [0.25, 0.3) is 0 Å². The third-order valence-corrected chi connectivity index (χ3v) is 4.26. The second kappa shape index (κ2) is 5.16. The Morgan fingerprint density at radius 3 is 2.81 bits per heavy atom. The molecule has 1 atom stereocenters. The van der Waals surface area contributed by atoms with E-state index in [1.54, 1.807) is 25.1 Å². The van der Waals surface area contributed by atoms with E-state index in [0.717, 1.165) is 0 Å². The Morgan fingerprint density at radius 1 is 1.29 bits per heavy atom. The van der Waals surface area contributed by atoms with Crippen LogP contribution in [0, 0.1) is 6.92 Å². The lowest BCUT2D eigenvalue weighted by Gasteiger charge is -2.25. The van der Waals surface area contributed by atoms with Gasteiger partial charge in [0.2, 0.25) is 5.91 Å². The van der Waals surface area contributed by atoms with Gasteiger partial charge in [-0.25, -0.2) is 4.98 Å². The molecule has 2 heterocycles. The van der Waals surface area contributed by atoms with Gasteiger partial charge >= 0.3 is 0 Å². The molecule has 2 aromatic rings. The Morgan fingerprint density at radius 2 is 2.05 bits per heavy atom. The average Bonchev–Trinajstić information content (AvgIpc) is 2.40. The number of rotatable bonds is 1. The van der Waals surface area contributed by atoms with E-state index in [9.17, 15) is 9.59 Å². The molecule has 0 fully saturated rings. The zero-order chi connectivity index (χ0) is 15.1. The van der Waals surface area contributed by atoms with Gasteiger partial charge in [0.15, 0.2) is 0 Å². The number of aromatic nitrogens is 2. The van der Waals surface area contributed by atoms with E-state index in [1.165, 1.54) is 0 Å². The van der Waals surface area contributed by atoms with Crippen molar-refractivity contribution in [1.29, 1.82) is 0 Å². The van der Waals surface area contributed by atoms with E-state index in [4.69, 9.17) is 23.2 Å². The molecular formula is C14H11Cl2N3O2. The van der Waals surface area contributed by atoms with Gasteiger partial charge in [-0.15, -0.1) is 0 Å². The van der Waals surface area contributed by atoms with E-state index in [-0.39, 0.29) is 23.7 Å². The number of hydrogen-bond acceptors (Lipinski definition) is 3. The predicted octanol–water partition coefficient (Wildman–Crippen LogP) is 2.86. The number of halogens is 2. The largest absolute Gasteiger partial charge is 0.310 e. The maximum atomic E-state index is 12.2. The van der Waals surface area contributed by atoms with E-state index >= 15 is 0 Å². The molecule has 0 saturated heterocycles. The van der Waals surface area contributed by atoms with Crippen molar-refractivity contribution in [3.05, 3.63) is 55.5 Å². The minimum Gasteiger partial charge on any atom is -0.310 e. The molecule has 1 aliphatic rings. The highest BCUT2D eigenvalue weighted by Gasteiger charge is 2.32. The molecule has 108 valence electrons. The second-order valence-electron chi connectivity index (χ2n) is 4.86. The van der Waals surface area contributed by atoms with Crippen LogP contribution in [0.5, 0.6) is 0 Å². The van der Waals surface area contributed by atoms with Crippen LogP contribution in [0.1, 0.15) is 29.3 Å². The Bertz CT molecular complexity index is 801. The molecular weight excluding hydrogens is 313 g/mol. The summed E-state index contributed by atoms with van der Waals surface area (Å²) in [7, 11) is 0. The third kappa shape index (κ3) is 2.43. The molecule has 21 heavy (non-hydrogen) atoms. The number of benzene rings is 1. The number of H-pyrrole nitrogens is 1. The summed E-state index contributed by atoms with van der Waals surface area (Å²) >= 11 is 12.3. The molecule has 0 unspecified atom stereocenters. The second-order valence-corrected chi connectivity index (χ2v) is 5.65. The number of carbonyl (C=O) groups excluding carboxylic acids is 1. The van der Waals surface area contributed by atoms with Crippen LogP contribution >= 0.6 is 23.2 Å². The number of aryl methyl sites for hydroxylation is 1. The number of hydrogen-bond donors (Lipinski definition) is 2. The first-order chi connectivity index (χ1) is 9.97. The lowest BCUT2D eigenvalue weighted by Crippen LogP contribution is -2.31. The Balaban J connectivity index is 2.24. The standard InChI is InChI=1S/C14H11Cl2N3O2/c1-6-17-13-11(14(21)18-6)8(5-10(20)19-13)7-3-2-4-9(15)12(7)16/h2-4,8H,5H2,1H3,(H2,17,18,19,20,21)/t8-/m0/s1. The van der Waals surface area contributed by atoms with Gasteiger partial charge in [-0.1, -0.05) is 35.3 Å². The van der Waals surface area contributed by atoms with Gasteiger partial charge in [-0.2, -0.15) is 0 Å². The number of nitrogens with zero attached hydrogens (tertiary/aromatic N) is 1. The fourth-order valence-corrected chi connectivity index (χ4v) is 2.98. The number of carbonyl (C=O) groups is 1. The first-order valence-corrected chi connectivity index (χ1v) is 7.07. The van der Waals surface area contributed by atoms with Crippen molar-refractivity contribution in [3.63, 3.8) is 0 Å². The van der Waals surface area contributed by atoms with Crippen molar-refractivity contribution in [2.45, 2.75) is 19.3 Å². The average molecular weight is 324 g/mol. The Labute approximate surface area is 130 Å². The number of fused-ring (bicyclic) bond motifs is 1. The third-order valence-electron chi connectivity index (χ3n) is 3.43. The molecule has 1 aromatic carbocycles. The zero-order valence-electron chi connectivity index (χ0n) is 11.0. The van der Waals surface area contributed by atoms with Crippen LogP contribution in [0.4, 0.5) is 5.82 Å². The van der Waals surface area contributed by atoms with Crippen LogP contribution in [0.15, 0.2) is 23.0 Å². The smallest absolute Gasteiger partial charge is 0.256 e. The van der Waals surface area contributed by atoms with Crippen LogP contribution in [0.3, 0.4) is 0 Å². The summed E-state index contributed by atoms with van der Waals surface area (Å²) in [5, 5.41) is 3.37. The van der Waals surface area contributed by atoms with Crippen LogP contribution < -0.4 is 10.9 Å². The fourth-order valence-electron chi connectivity index (χ4n) is 2.54. The summed E-state index contributed by atoms with van der Waals surface area (Å²) in [6.07, 6.45) is 0.126. The molecule has 5 nitrogen and oxygen atoms in total. The molecule has 0 saturated carbocycles. The van der Waals surface area contributed by atoms with Gasteiger partial charge in [0.1, 0.15) is 11.6 Å². The monoisotopic (exact) mass is 323 g/mol. The first kappa shape index (κ1) is 14.1. The predicted molar refractivity (Wildman–Crippen MR) is 81.1 cm³/mol. The summed E-state index contributed by atoms with van der Waals surface area (Å²) < 4.78 is 0. The maximum Gasteiger partial charge on any atom is 0.256 e. The van der Waals surface area contributed by atoms with Crippen LogP contribution in [0.2, 0.25) is 10.0 Å². The maximum absolute atomic E-state index is 12.2. The van der Waals surface area contributed by atoms with Crippen molar-refractivity contribution in [3.8, 4) is 0 Å². The van der Waals surface area contributed by atoms with Crippen molar-refractivity contribution >= 4 is 34.9 Å². The van der Waals surface area contributed by atoms with Crippen molar-refractivity contribution < 1.29 is 4.79 Å². The summed E-state index contributed by atoms with van der Waals surface area (Å²) in [4.78, 5) is 31.0. The minimum atomic E-state index is -0.461. The first-order valence-electron chi connectivity index (χ1n) is 6.32. The van der Waals surface area contributed by atoms with Crippen molar-refractivity contribution in [2.75, 3.05) is 5.32 Å². The van der Waals surface area contributed by atoms with Crippen molar-refractivity contribution in [1.82, 2.24) is 9.97 Å². The number of anilines is 1. The van der Waals surface area contributed by atoms with E-state index in [0.29, 0.717) is 27.0 Å². The lowest BCUT2D eigenvalue weighted by molar-refractivity contribution is -0.116.